The second kappa shape index (κ2) is 7.72. The molecule has 0 saturated carbocycles. The first-order valence-corrected chi connectivity index (χ1v) is 7.04. The van der Waals surface area contributed by atoms with Gasteiger partial charge in [-0.05, 0) is 24.3 Å². The Morgan fingerprint density at radius 3 is 2.50 bits per heavy atom. The fraction of sp³-hybridized carbons (Fsp3) is 0.235. The van der Waals surface area contributed by atoms with E-state index in [4.69, 9.17) is 4.74 Å². The lowest BCUT2D eigenvalue weighted by atomic mass is 10.1. The zero-order valence-electron chi connectivity index (χ0n) is 13.1. The van der Waals surface area contributed by atoms with Gasteiger partial charge >= 0.3 is 6.61 Å². The molecule has 1 amide bonds. The van der Waals surface area contributed by atoms with Gasteiger partial charge in [0.25, 0.3) is 5.91 Å². The molecular weight excluding hydrogens is 323 g/mol. The topological polar surface area (TPSA) is 38.8 Å². The van der Waals surface area contributed by atoms with Crippen molar-refractivity contribution in [1.82, 2.24) is 4.90 Å². The maximum Gasteiger partial charge on any atom is 0.387 e. The lowest BCUT2D eigenvalue weighted by Gasteiger charge is -2.18. The van der Waals surface area contributed by atoms with Crippen molar-refractivity contribution in [3.8, 4) is 11.5 Å². The molecule has 0 radical (unpaired) electrons. The van der Waals surface area contributed by atoms with Gasteiger partial charge in [0.1, 0.15) is 5.82 Å². The Balaban J connectivity index is 2.18. The van der Waals surface area contributed by atoms with Crippen LogP contribution in [-0.2, 0) is 6.54 Å². The molecular formula is C17H16F3NO3. The van der Waals surface area contributed by atoms with Crippen LogP contribution in [0.25, 0.3) is 0 Å². The number of methoxy groups -OCH3 is 1. The summed E-state index contributed by atoms with van der Waals surface area (Å²) in [5, 5.41) is 0. The summed E-state index contributed by atoms with van der Waals surface area (Å²) in [5.41, 5.74) is 0.588. The van der Waals surface area contributed by atoms with Crippen LogP contribution in [0.5, 0.6) is 11.5 Å². The molecule has 0 aliphatic rings. The van der Waals surface area contributed by atoms with Crippen molar-refractivity contribution in [1.29, 1.82) is 0 Å². The molecule has 0 aromatic heterocycles. The summed E-state index contributed by atoms with van der Waals surface area (Å²) in [4.78, 5) is 13.7. The minimum Gasteiger partial charge on any atom is -0.493 e. The first-order chi connectivity index (χ1) is 11.4. The van der Waals surface area contributed by atoms with E-state index in [9.17, 15) is 18.0 Å². The Kier molecular flexibility index (Phi) is 5.68. The van der Waals surface area contributed by atoms with Crippen LogP contribution >= 0.6 is 0 Å². The van der Waals surface area contributed by atoms with Crippen LogP contribution in [-0.4, -0.2) is 31.6 Å². The zero-order chi connectivity index (χ0) is 17.7. The molecule has 0 fully saturated rings. The van der Waals surface area contributed by atoms with Gasteiger partial charge in [0.15, 0.2) is 11.5 Å². The van der Waals surface area contributed by atoms with Gasteiger partial charge < -0.3 is 14.4 Å². The maximum absolute atomic E-state index is 13.7. The number of carbonyl (C=O) groups excluding carboxylic acids is 1. The van der Waals surface area contributed by atoms with Gasteiger partial charge in [-0.1, -0.05) is 18.2 Å². The number of nitrogens with zero attached hydrogens (tertiary/aromatic N) is 1. The van der Waals surface area contributed by atoms with Crippen molar-refractivity contribution in [3.63, 3.8) is 0 Å². The second-order valence-corrected chi connectivity index (χ2v) is 5.00. The minimum absolute atomic E-state index is 0.0143. The molecule has 0 heterocycles. The zero-order valence-corrected chi connectivity index (χ0v) is 13.1. The number of halogens is 3. The summed E-state index contributed by atoms with van der Waals surface area (Å²) in [6.45, 7) is -2.92. The highest BCUT2D eigenvalue weighted by molar-refractivity contribution is 5.94. The summed E-state index contributed by atoms with van der Waals surface area (Å²) in [7, 11) is 2.80. The molecule has 24 heavy (non-hydrogen) atoms. The summed E-state index contributed by atoms with van der Waals surface area (Å²) in [5.74, 6) is -0.961. The third-order valence-corrected chi connectivity index (χ3v) is 3.34. The van der Waals surface area contributed by atoms with E-state index < -0.39 is 18.3 Å². The van der Waals surface area contributed by atoms with Gasteiger partial charge in [-0.25, -0.2) is 4.39 Å². The van der Waals surface area contributed by atoms with E-state index >= 15 is 0 Å². The summed E-state index contributed by atoms with van der Waals surface area (Å²) >= 11 is 0. The Hall–Kier alpha value is -2.70. The lowest BCUT2D eigenvalue weighted by Crippen LogP contribution is -2.26. The number of benzene rings is 2. The van der Waals surface area contributed by atoms with E-state index in [0.717, 1.165) is 0 Å². The number of ether oxygens (including phenoxy) is 2. The van der Waals surface area contributed by atoms with Crippen LogP contribution in [0.1, 0.15) is 15.9 Å². The maximum atomic E-state index is 13.7. The van der Waals surface area contributed by atoms with Crippen molar-refractivity contribution < 1.29 is 27.4 Å². The molecule has 2 aromatic rings. The Morgan fingerprint density at radius 1 is 1.17 bits per heavy atom. The minimum atomic E-state index is -3.00. The van der Waals surface area contributed by atoms with Crippen LogP contribution in [0.2, 0.25) is 0 Å². The van der Waals surface area contributed by atoms with Crippen molar-refractivity contribution in [2.45, 2.75) is 13.2 Å². The summed E-state index contributed by atoms with van der Waals surface area (Å²) < 4.78 is 47.6. The number of hydrogen-bond acceptors (Lipinski definition) is 3. The summed E-state index contributed by atoms with van der Waals surface area (Å²) in [6, 6.07) is 10.0. The fourth-order valence-corrected chi connectivity index (χ4v) is 2.17. The van der Waals surface area contributed by atoms with Gasteiger partial charge in [0.05, 0.1) is 7.11 Å². The van der Waals surface area contributed by atoms with Gasteiger partial charge in [0, 0.05) is 24.7 Å². The highest BCUT2D eigenvalue weighted by Gasteiger charge is 2.17. The van der Waals surface area contributed by atoms with Crippen molar-refractivity contribution in [2.75, 3.05) is 14.2 Å². The number of rotatable bonds is 6. The fourth-order valence-electron chi connectivity index (χ4n) is 2.17. The van der Waals surface area contributed by atoms with Crippen molar-refractivity contribution in [3.05, 3.63) is 59.4 Å². The molecule has 0 bridgehead atoms. The van der Waals surface area contributed by atoms with Crippen molar-refractivity contribution in [2.24, 2.45) is 0 Å². The van der Waals surface area contributed by atoms with Gasteiger partial charge in [-0.2, -0.15) is 8.78 Å². The third-order valence-electron chi connectivity index (χ3n) is 3.34. The third kappa shape index (κ3) is 4.18. The van der Waals surface area contributed by atoms with E-state index in [0.29, 0.717) is 5.56 Å². The Labute approximate surface area is 137 Å². The predicted octanol–water partition coefficient (Wildman–Crippen LogP) is 3.71. The van der Waals surface area contributed by atoms with E-state index in [2.05, 4.69) is 4.74 Å². The molecule has 0 aliphatic heterocycles. The predicted molar refractivity (Wildman–Crippen MR) is 81.8 cm³/mol. The largest absolute Gasteiger partial charge is 0.493 e. The van der Waals surface area contributed by atoms with Gasteiger partial charge in [-0.15, -0.1) is 0 Å². The van der Waals surface area contributed by atoms with Crippen molar-refractivity contribution >= 4 is 5.91 Å². The molecule has 0 saturated heterocycles. The quantitative estimate of drug-likeness (QED) is 0.805. The first-order valence-electron chi connectivity index (χ1n) is 7.04. The highest BCUT2D eigenvalue weighted by atomic mass is 19.3. The first kappa shape index (κ1) is 17.7. The highest BCUT2D eigenvalue weighted by Crippen LogP contribution is 2.30. The van der Waals surface area contributed by atoms with Crippen LogP contribution < -0.4 is 9.47 Å². The number of alkyl halides is 2. The normalized spacial score (nSPS) is 10.6. The second-order valence-electron chi connectivity index (χ2n) is 5.00. The van der Waals surface area contributed by atoms with E-state index in [1.54, 1.807) is 18.2 Å². The Morgan fingerprint density at radius 2 is 1.88 bits per heavy atom. The Bertz CT molecular complexity index is 722. The molecule has 0 unspecified atom stereocenters. The van der Waals surface area contributed by atoms with Gasteiger partial charge in [-0.3, -0.25) is 4.79 Å². The molecule has 0 spiro atoms. The van der Waals surface area contributed by atoms with Crippen LogP contribution in [0.4, 0.5) is 13.2 Å². The van der Waals surface area contributed by atoms with E-state index in [1.807, 2.05) is 0 Å². The molecule has 7 heteroatoms. The summed E-state index contributed by atoms with van der Waals surface area (Å²) in [6.07, 6.45) is 0. The van der Waals surface area contributed by atoms with Crippen LogP contribution in [0.15, 0.2) is 42.5 Å². The molecule has 4 nitrogen and oxygen atoms in total. The van der Waals surface area contributed by atoms with E-state index in [1.165, 1.54) is 43.3 Å². The average molecular weight is 339 g/mol. The molecule has 128 valence electrons. The SMILES string of the molecule is COc1cc(C(=O)N(C)Cc2ccccc2F)ccc1OC(F)F. The lowest BCUT2D eigenvalue weighted by molar-refractivity contribution is -0.0512. The monoisotopic (exact) mass is 339 g/mol. The average Bonchev–Trinajstić information content (AvgIpc) is 2.56. The molecule has 0 atom stereocenters. The van der Waals surface area contributed by atoms with Crippen LogP contribution in [0.3, 0.4) is 0 Å². The molecule has 2 aromatic carbocycles. The van der Waals surface area contributed by atoms with E-state index in [-0.39, 0.29) is 23.6 Å². The number of amides is 1. The van der Waals surface area contributed by atoms with Crippen LogP contribution in [0, 0.1) is 5.82 Å². The number of hydrogen-bond donors (Lipinski definition) is 0. The van der Waals surface area contributed by atoms with Gasteiger partial charge in [0.2, 0.25) is 0 Å². The molecule has 0 N–H and O–H groups in total. The number of carbonyl (C=O) groups is 1. The standard InChI is InChI=1S/C17H16F3NO3/c1-21(10-12-5-3-4-6-13(12)18)16(22)11-7-8-14(24-17(19)20)15(9-11)23-2/h3-9,17H,10H2,1-2H3. The molecule has 2 rings (SSSR count). The molecule has 0 aliphatic carbocycles. The smallest absolute Gasteiger partial charge is 0.387 e.